The first-order chi connectivity index (χ1) is 9.88. The predicted octanol–water partition coefficient (Wildman–Crippen LogP) is 0.211. The summed E-state index contributed by atoms with van der Waals surface area (Å²) in [4.78, 5) is 11.3. The number of benzene rings is 1. The largest absolute Gasteiger partial charge is 0.482 e. The summed E-state index contributed by atoms with van der Waals surface area (Å²) in [5, 5.41) is 12.5. The lowest BCUT2D eigenvalue weighted by Gasteiger charge is -2.36. The Morgan fingerprint density at radius 1 is 1.38 bits per heavy atom. The van der Waals surface area contributed by atoms with Gasteiger partial charge in [0.25, 0.3) is 5.91 Å². The highest BCUT2D eigenvalue weighted by Gasteiger charge is 2.35. The third kappa shape index (κ3) is 2.87. The van der Waals surface area contributed by atoms with Gasteiger partial charge in [-0.05, 0) is 37.5 Å². The molecule has 8 heteroatoms. The molecule has 0 aromatic heterocycles. The Morgan fingerprint density at radius 3 is 2.81 bits per heavy atom. The van der Waals surface area contributed by atoms with E-state index in [1.807, 2.05) is 0 Å². The maximum absolute atomic E-state index is 12.2. The molecule has 0 unspecified atom stereocenters. The Hall–Kier alpha value is -1.64. The first kappa shape index (κ1) is 14.3. The average molecular weight is 312 g/mol. The highest BCUT2D eigenvalue weighted by atomic mass is 32.2. The van der Waals surface area contributed by atoms with Crippen LogP contribution in [0.15, 0.2) is 23.1 Å². The molecule has 0 atom stereocenters. The molecule has 1 amide bonds. The molecule has 1 aliphatic carbocycles. The van der Waals surface area contributed by atoms with Crippen LogP contribution in [0.3, 0.4) is 0 Å². The summed E-state index contributed by atoms with van der Waals surface area (Å²) < 4.78 is 32.0. The van der Waals surface area contributed by atoms with Crippen LogP contribution in [0.1, 0.15) is 19.3 Å². The number of nitrogens with one attached hydrogen (secondary N) is 2. The summed E-state index contributed by atoms with van der Waals surface area (Å²) in [6, 6.07) is 4.25. The van der Waals surface area contributed by atoms with E-state index in [9.17, 15) is 18.3 Å². The Bertz CT molecular complexity index is 682. The smallest absolute Gasteiger partial charge is 0.262 e. The van der Waals surface area contributed by atoms with Gasteiger partial charge < -0.3 is 15.2 Å². The molecule has 0 bridgehead atoms. The summed E-state index contributed by atoms with van der Waals surface area (Å²) in [7, 11) is -3.74. The Balaban J connectivity index is 1.79. The zero-order chi connectivity index (χ0) is 15.1. The van der Waals surface area contributed by atoms with Gasteiger partial charge in [-0.2, -0.15) is 0 Å². The zero-order valence-electron chi connectivity index (χ0n) is 11.3. The van der Waals surface area contributed by atoms with Gasteiger partial charge in [-0.1, -0.05) is 0 Å². The van der Waals surface area contributed by atoms with Crippen molar-refractivity contribution in [3.63, 3.8) is 0 Å². The van der Waals surface area contributed by atoms with Gasteiger partial charge in [0.1, 0.15) is 5.75 Å². The third-order valence-corrected chi connectivity index (χ3v) is 5.17. The van der Waals surface area contributed by atoms with E-state index in [2.05, 4.69) is 10.0 Å². The minimum atomic E-state index is -3.74. The van der Waals surface area contributed by atoms with Gasteiger partial charge >= 0.3 is 0 Å². The molecule has 1 aliphatic heterocycles. The van der Waals surface area contributed by atoms with Crippen molar-refractivity contribution in [2.24, 2.45) is 0 Å². The molecule has 1 heterocycles. The Morgan fingerprint density at radius 2 is 2.14 bits per heavy atom. The van der Waals surface area contributed by atoms with Crippen LogP contribution in [0.5, 0.6) is 5.75 Å². The summed E-state index contributed by atoms with van der Waals surface area (Å²) in [6.07, 6.45) is 2.10. The molecule has 7 nitrogen and oxygen atoms in total. The fraction of sp³-hybridized carbons (Fsp3) is 0.462. The monoisotopic (exact) mass is 312 g/mol. The number of fused-ring (bicyclic) bond motifs is 1. The zero-order valence-corrected chi connectivity index (χ0v) is 12.1. The molecule has 1 saturated carbocycles. The average Bonchev–Trinajstić information content (AvgIpc) is 2.42. The van der Waals surface area contributed by atoms with E-state index in [1.54, 1.807) is 0 Å². The van der Waals surface area contributed by atoms with Crippen LogP contribution in [0.4, 0.5) is 5.69 Å². The van der Waals surface area contributed by atoms with E-state index in [0.717, 1.165) is 6.42 Å². The van der Waals surface area contributed by atoms with Gasteiger partial charge in [0.2, 0.25) is 10.0 Å². The number of anilines is 1. The molecule has 3 N–H and O–H groups in total. The van der Waals surface area contributed by atoms with Gasteiger partial charge in [-0.15, -0.1) is 0 Å². The number of carbonyl (C=O) groups excluding carboxylic acids is 1. The standard InChI is InChI=1S/C13H16N2O5S/c16-12-7-20-11-3-2-9(6-10(11)15-12)21(18,19)14-8-13(17)4-1-5-13/h2-3,6,14,17H,1,4-5,7-8H2,(H,15,16). The number of hydrogen-bond donors (Lipinski definition) is 3. The van der Waals surface area contributed by atoms with Gasteiger partial charge in [-0.25, -0.2) is 13.1 Å². The van der Waals surface area contributed by atoms with Crippen molar-refractivity contribution in [3.05, 3.63) is 18.2 Å². The van der Waals surface area contributed by atoms with E-state index in [4.69, 9.17) is 4.74 Å². The number of aliphatic hydroxyl groups is 1. The van der Waals surface area contributed by atoms with Gasteiger partial charge in [0, 0.05) is 6.54 Å². The van der Waals surface area contributed by atoms with Crippen LogP contribution in [0, 0.1) is 0 Å². The highest BCUT2D eigenvalue weighted by Crippen LogP contribution is 2.32. The topological polar surface area (TPSA) is 105 Å². The molecule has 0 saturated heterocycles. The van der Waals surface area contributed by atoms with Gasteiger partial charge in [0.05, 0.1) is 16.2 Å². The fourth-order valence-corrected chi connectivity index (χ4v) is 3.45. The van der Waals surface area contributed by atoms with Crippen molar-refractivity contribution < 1.29 is 23.1 Å². The lowest BCUT2D eigenvalue weighted by molar-refractivity contribution is -0.118. The normalized spacial score (nSPS) is 20.0. The van der Waals surface area contributed by atoms with Crippen LogP contribution < -0.4 is 14.8 Å². The van der Waals surface area contributed by atoms with Crippen molar-refractivity contribution in [1.82, 2.24) is 4.72 Å². The van der Waals surface area contributed by atoms with Gasteiger partial charge in [0.15, 0.2) is 6.61 Å². The molecule has 1 fully saturated rings. The molecule has 0 radical (unpaired) electrons. The number of carbonyl (C=O) groups is 1. The maximum Gasteiger partial charge on any atom is 0.262 e. The third-order valence-electron chi connectivity index (χ3n) is 3.77. The molecular weight excluding hydrogens is 296 g/mol. The van der Waals surface area contributed by atoms with Crippen LogP contribution in [0.2, 0.25) is 0 Å². The van der Waals surface area contributed by atoms with Crippen molar-refractivity contribution in [1.29, 1.82) is 0 Å². The minimum Gasteiger partial charge on any atom is -0.482 e. The maximum atomic E-state index is 12.2. The van der Waals surface area contributed by atoms with Crippen molar-refractivity contribution in [2.75, 3.05) is 18.5 Å². The second-order valence-corrected chi connectivity index (χ2v) is 7.16. The summed E-state index contributed by atoms with van der Waals surface area (Å²) in [5.41, 5.74) is -0.602. The molecule has 1 aromatic rings. The highest BCUT2D eigenvalue weighted by molar-refractivity contribution is 7.89. The first-order valence-electron chi connectivity index (χ1n) is 6.67. The molecule has 3 rings (SSSR count). The number of rotatable bonds is 4. The second kappa shape index (κ2) is 4.97. The predicted molar refractivity (Wildman–Crippen MR) is 74.6 cm³/mol. The second-order valence-electron chi connectivity index (χ2n) is 5.40. The Labute approximate surface area is 122 Å². The van der Waals surface area contributed by atoms with Crippen molar-refractivity contribution >= 4 is 21.6 Å². The molecule has 1 aromatic carbocycles. The molecule has 2 aliphatic rings. The summed E-state index contributed by atoms with van der Waals surface area (Å²) in [5.74, 6) is 0.111. The van der Waals surface area contributed by atoms with Crippen molar-refractivity contribution in [2.45, 2.75) is 29.8 Å². The molecule has 21 heavy (non-hydrogen) atoms. The minimum absolute atomic E-state index is 0.00469. The number of ether oxygens (including phenoxy) is 1. The van der Waals surface area contributed by atoms with Crippen molar-refractivity contribution in [3.8, 4) is 5.75 Å². The molecular formula is C13H16N2O5S. The number of hydrogen-bond acceptors (Lipinski definition) is 5. The van der Waals surface area contributed by atoms with Crippen LogP contribution >= 0.6 is 0 Å². The SMILES string of the molecule is O=C1COc2ccc(S(=O)(=O)NCC3(O)CCC3)cc2N1. The Kier molecular flexibility index (Phi) is 3.39. The van der Waals surface area contributed by atoms with E-state index < -0.39 is 15.6 Å². The van der Waals surface area contributed by atoms with E-state index in [-0.39, 0.29) is 24.0 Å². The summed E-state index contributed by atoms with van der Waals surface area (Å²) in [6.45, 7) is -0.0837. The van der Waals surface area contributed by atoms with E-state index in [1.165, 1.54) is 18.2 Å². The van der Waals surface area contributed by atoms with Crippen LogP contribution in [-0.4, -0.2) is 38.2 Å². The van der Waals surface area contributed by atoms with Gasteiger partial charge in [-0.3, -0.25) is 4.79 Å². The van der Waals surface area contributed by atoms with Crippen LogP contribution in [-0.2, 0) is 14.8 Å². The number of sulfonamides is 1. The fourth-order valence-electron chi connectivity index (χ4n) is 2.30. The van der Waals surface area contributed by atoms with Crippen LogP contribution in [0.25, 0.3) is 0 Å². The number of amides is 1. The lowest BCUT2D eigenvalue weighted by Crippen LogP contribution is -2.47. The van der Waals surface area contributed by atoms with E-state index in [0.29, 0.717) is 24.3 Å². The lowest BCUT2D eigenvalue weighted by atomic mass is 9.81. The molecule has 0 spiro atoms. The van der Waals surface area contributed by atoms with E-state index >= 15 is 0 Å². The summed E-state index contributed by atoms with van der Waals surface area (Å²) >= 11 is 0. The molecule has 114 valence electrons. The quantitative estimate of drug-likeness (QED) is 0.737. The first-order valence-corrected chi connectivity index (χ1v) is 8.15.